The molecule has 0 amide bonds. The zero-order valence-electron chi connectivity index (χ0n) is 10.6. The molecule has 2 rings (SSSR count). The van der Waals surface area contributed by atoms with Crippen molar-refractivity contribution < 1.29 is 9.47 Å². The summed E-state index contributed by atoms with van der Waals surface area (Å²) in [5.74, 6) is 0. The van der Waals surface area contributed by atoms with E-state index in [4.69, 9.17) is 15.2 Å². The molecule has 0 saturated heterocycles. The fourth-order valence-electron chi connectivity index (χ4n) is 2.07. The minimum atomic E-state index is -0.275. The first-order valence-electron chi connectivity index (χ1n) is 6.10. The number of hydrogen-bond donors (Lipinski definition) is 1. The summed E-state index contributed by atoms with van der Waals surface area (Å²) in [5, 5.41) is 0. The highest BCUT2D eigenvalue weighted by molar-refractivity contribution is 5.25. The molecule has 0 atom stereocenters. The quantitative estimate of drug-likeness (QED) is 0.770. The molecule has 1 saturated carbocycles. The minimum Gasteiger partial charge on any atom is -0.352 e. The molecule has 3 heteroatoms. The van der Waals surface area contributed by atoms with Crippen LogP contribution in [0.15, 0.2) is 24.3 Å². The summed E-state index contributed by atoms with van der Waals surface area (Å²) in [6.45, 7) is 0. The van der Waals surface area contributed by atoms with Gasteiger partial charge < -0.3 is 15.2 Å². The van der Waals surface area contributed by atoms with Gasteiger partial charge in [0.2, 0.25) is 0 Å². The van der Waals surface area contributed by atoms with Crippen LogP contribution in [-0.2, 0) is 15.9 Å². The van der Waals surface area contributed by atoms with Gasteiger partial charge in [-0.1, -0.05) is 24.3 Å². The smallest absolute Gasteiger partial charge is 0.183 e. The lowest BCUT2D eigenvalue weighted by atomic mass is 10.0. The predicted octanol–water partition coefficient (Wildman–Crippen LogP) is 2.40. The summed E-state index contributed by atoms with van der Waals surface area (Å²) < 4.78 is 10.5. The van der Waals surface area contributed by atoms with Crippen molar-refractivity contribution in [2.45, 2.75) is 37.5 Å². The third kappa shape index (κ3) is 3.28. The second-order valence-corrected chi connectivity index (χ2v) is 4.91. The van der Waals surface area contributed by atoms with Crippen molar-refractivity contribution in [3.8, 4) is 0 Å². The zero-order chi connectivity index (χ0) is 12.3. The van der Waals surface area contributed by atoms with Crippen LogP contribution in [0, 0.1) is 0 Å². The monoisotopic (exact) mass is 235 g/mol. The highest BCUT2D eigenvalue weighted by atomic mass is 16.7. The van der Waals surface area contributed by atoms with E-state index < -0.39 is 0 Å². The molecule has 0 heterocycles. The van der Waals surface area contributed by atoms with Gasteiger partial charge >= 0.3 is 0 Å². The molecule has 1 fully saturated rings. The first kappa shape index (κ1) is 12.6. The maximum Gasteiger partial charge on any atom is 0.183 e. The molecule has 0 aromatic heterocycles. The summed E-state index contributed by atoms with van der Waals surface area (Å²) in [7, 11) is 3.31. The Morgan fingerprint density at radius 3 is 2.59 bits per heavy atom. The third-order valence-corrected chi connectivity index (χ3v) is 3.46. The van der Waals surface area contributed by atoms with Crippen molar-refractivity contribution in [1.29, 1.82) is 0 Å². The van der Waals surface area contributed by atoms with Crippen LogP contribution in [0.4, 0.5) is 0 Å². The summed E-state index contributed by atoms with van der Waals surface area (Å²) in [6, 6.07) is 8.35. The van der Waals surface area contributed by atoms with Gasteiger partial charge in [0.1, 0.15) is 0 Å². The number of aryl methyl sites for hydroxylation is 1. The number of ether oxygens (including phenoxy) is 2. The van der Waals surface area contributed by atoms with Gasteiger partial charge in [0.15, 0.2) is 6.29 Å². The molecule has 1 aromatic carbocycles. The molecule has 2 N–H and O–H groups in total. The van der Waals surface area contributed by atoms with Gasteiger partial charge in [-0.05, 0) is 31.2 Å². The summed E-state index contributed by atoms with van der Waals surface area (Å²) in [4.78, 5) is 0. The zero-order valence-corrected chi connectivity index (χ0v) is 10.6. The Morgan fingerprint density at radius 2 is 2.00 bits per heavy atom. The van der Waals surface area contributed by atoms with Gasteiger partial charge in [-0.3, -0.25) is 0 Å². The molecule has 17 heavy (non-hydrogen) atoms. The molecule has 1 aliphatic carbocycles. The van der Waals surface area contributed by atoms with Gasteiger partial charge in [-0.2, -0.15) is 0 Å². The molecule has 1 aliphatic rings. The van der Waals surface area contributed by atoms with Crippen LogP contribution in [0.2, 0.25) is 0 Å². The number of rotatable bonds is 6. The average molecular weight is 235 g/mol. The fraction of sp³-hybridized carbons (Fsp3) is 0.571. The van der Waals surface area contributed by atoms with E-state index in [0.29, 0.717) is 0 Å². The standard InChI is InChI=1S/C14H21NO2/c1-16-13(17-2)12-5-3-4-11(10-12)6-7-14(15)8-9-14/h3-5,10,13H,6-9,15H2,1-2H3. The van der Waals surface area contributed by atoms with Gasteiger partial charge in [-0.25, -0.2) is 0 Å². The number of nitrogens with two attached hydrogens (primary N) is 1. The van der Waals surface area contributed by atoms with E-state index in [2.05, 4.69) is 12.1 Å². The van der Waals surface area contributed by atoms with E-state index in [0.717, 1.165) is 18.4 Å². The van der Waals surface area contributed by atoms with Crippen LogP contribution in [0.1, 0.15) is 36.7 Å². The Bertz CT molecular complexity index is 370. The van der Waals surface area contributed by atoms with Crippen molar-refractivity contribution in [2.75, 3.05) is 14.2 Å². The summed E-state index contributed by atoms with van der Waals surface area (Å²) in [5.41, 5.74) is 8.59. The van der Waals surface area contributed by atoms with Gasteiger partial charge in [0.25, 0.3) is 0 Å². The van der Waals surface area contributed by atoms with E-state index in [1.54, 1.807) is 14.2 Å². The largest absolute Gasteiger partial charge is 0.352 e. The molecule has 1 aromatic rings. The molecule has 94 valence electrons. The molecular formula is C14H21NO2. The van der Waals surface area contributed by atoms with Crippen LogP contribution in [0.5, 0.6) is 0 Å². The van der Waals surface area contributed by atoms with E-state index in [9.17, 15) is 0 Å². The lowest BCUT2D eigenvalue weighted by Crippen LogP contribution is -2.22. The van der Waals surface area contributed by atoms with E-state index in [1.165, 1.54) is 18.4 Å². The van der Waals surface area contributed by atoms with Gasteiger partial charge in [0, 0.05) is 25.3 Å². The topological polar surface area (TPSA) is 44.5 Å². The van der Waals surface area contributed by atoms with Crippen LogP contribution in [0.3, 0.4) is 0 Å². The van der Waals surface area contributed by atoms with E-state index >= 15 is 0 Å². The Kier molecular flexibility index (Phi) is 3.82. The highest BCUT2D eigenvalue weighted by Crippen LogP contribution is 2.36. The van der Waals surface area contributed by atoms with Crippen molar-refractivity contribution in [3.05, 3.63) is 35.4 Å². The maximum absolute atomic E-state index is 6.10. The Balaban J connectivity index is 2.00. The maximum atomic E-state index is 6.10. The lowest BCUT2D eigenvalue weighted by Gasteiger charge is -2.15. The molecule has 0 bridgehead atoms. The average Bonchev–Trinajstić information content (AvgIpc) is 3.08. The minimum absolute atomic E-state index is 0.123. The SMILES string of the molecule is COC(OC)c1cccc(CCC2(N)CC2)c1. The van der Waals surface area contributed by atoms with Crippen molar-refractivity contribution in [1.82, 2.24) is 0 Å². The van der Waals surface area contributed by atoms with Crippen LogP contribution >= 0.6 is 0 Å². The second-order valence-electron chi connectivity index (χ2n) is 4.91. The molecular weight excluding hydrogens is 214 g/mol. The van der Waals surface area contributed by atoms with Crippen molar-refractivity contribution in [2.24, 2.45) is 5.73 Å². The van der Waals surface area contributed by atoms with Crippen LogP contribution in [-0.4, -0.2) is 19.8 Å². The second kappa shape index (κ2) is 5.17. The Labute approximate surface area is 103 Å². The number of methoxy groups -OCH3 is 2. The number of hydrogen-bond acceptors (Lipinski definition) is 3. The van der Waals surface area contributed by atoms with E-state index in [1.807, 2.05) is 12.1 Å². The molecule has 0 unspecified atom stereocenters. The van der Waals surface area contributed by atoms with Crippen LogP contribution < -0.4 is 5.73 Å². The Hall–Kier alpha value is -0.900. The Morgan fingerprint density at radius 1 is 1.29 bits per heavy atom. The highest BCUT2D eigenvalue weighted by Gasteiger charge is 2.37. The first-order chi connectivity index (χ1) is 8.17. The van der Waals surface area contributed by atoms with Crippen LogP contribution in [0.25, 0.3) is 0 Å². The lowest BCUT2D eigenvalue weighted by molar-refractivity contribution is -0.106. The van der Waals surface area contributed by atoms with E-state index in [-0.39, 0.29) is 11.8 Å². The number of benzene rings is 1. The normalized spacial score (nSPS) is 17.4. The fourth-order valence-corrected chi connectivity index (χ4v) is 2.07. The van der Waals surface area contributed by atoms with Gasteiger partial charge in [0.05, 0.1) is 0 Å². The third-order valence-electron chi connectivity index (χ3n) is 3.46. The summed E-state index contributed by atoms with van der Waals surface area (Å²) in [6.07, 6.45) is 4.17. The summed E-state index contributed by atoms with van der Waals surface area (Å²) >= 11 is 0. The van der Waals surface area contributed by atoms with Crippen molar-refractivity contribution in [3.63, 3.8) is 0 Å². The molecule has 0 aliphatic heterocycles. The van der Waals surface area contributed by atoms with Crippen molar-refractivity contribution >= 4 is 0 Å². The molecule has 3 nitrogen and oxygen atoms in total. The van der Waals surface area contributed by atoms with Gasteiger partial charge in [-0.15, -0.1) is 0 Å². The predicted molar refractivity (Wildman–Crippen MR) is 67.7 cm³/mol. The molecule has 0 spiro atoms. The molecule has 0 radical (unpaired) electrons. The first-order valence-corrected chi connectivity index (χ1v) is 6.10.